The highest BCUT2D eigenvalue weighted by molar-refractivity contribution is 6.09. The van der Waals surface area contributed by atoms with Crippen LogP contribution in [0, 0.1) is 11.3 Å². The fourth-order valence-corrected chi connectivity index (χ4v) is 1.14. The molecule has 0 bridgehead atoms. The Balaban J connectivity index is 2.74. The zero-order valence-corrected chi connectivity index (χ0v) is 7.32. The number of rotatable bonds is 3. The fourth-order valence-electron chi connectivity index (χ4n) is 1.14. The minimum absolute atomic E-state index is 0.0151. The SMILES string of the molecule is N=C(N)C1CN(CC=O)C(=O)NC1=O. The minimum Gasteiger partial charge on any atom is -0.387 e. The molecule has 0 aromatic rings. The van der Waals surface area contributed by atoms with E-state index in [-0.39, 0.29) is 18.9 Å². The lowest BCUT2D eigenvalue weighted by atomic mass is 10.1. The fraction of sp³-hybridized carbons (Fsp3) is 0.429. The van der Waals surface area contributed by atoms with Gasteiger partial charge in [0.25, 0.3) is 0 Å². The molecule has 7 heteroatoms. The predicted octanol–water partition coefficient (Wildman–Crippen LogP) is -1.71. The molecule has 3 amide bonds. The van der Waals surface area contributed by atoms with Gasteiger partial charge in [0.05, 0.1) is 6.54 Å². The van der Waals surface area contributed by atoms with E-state index in [9.17, 15) is 14.4 Å². The van der Waals surface area contributed by atoms with E-state index in [1.165, 1.54) is 0 Å². The maximum absolute atomic E-state index is 11.1. The molecule has 0 aromatic heterocycles. The quantitative estimate of drug-likeness (QED) is 0.284. The van der Waals surface area contributed by atoms with Crippen LogP contribution in [0.5, 0.6) is 0 Å². The van der Waals surface area contributed by atoms with Gasteiger partial charge in [0.1, 0.15) is 18.0 Å². The second-order valence-electron chi connectivity index (χ2n) is 2.87. The van der Waals surface area contributed by atoms with Crippen molar-refractivity contribution in [2.45, 2.75) is 0 Å². The average molecular weight is 198 g/mol. The summed E-state index contributed by atoms with van der Waals surface area (Å²) in [4.78, 5) is 33.5. The van der Waals surface area contributed by atoms with Crippen molar-refractivity contribution in [3.63, 3.8) is 0 Å². The van der Waals surface area contributed by atoms with E-state index in [0.717, 1.165) is 4.90 Å². The van der Waals surface area contributed by atoms with E-state index in [0.29, 0.717) is 6.29 Å². The third-order valence-electron chi connectivity index (χ3n) is 1.91. The van der Waals surface area contributed by atoms with Gasteiger partial charge in [-0.25, -0.2) is 4.79 Å². The molecule has 1 unspecified atom stereocenters. The van der Waals surface area contributed by atoms with Crippen LogP contribution in [0.15, 0.2) is 0 Å². The number of hydrogen-bond acceptors (Lipinski definition) is 4. The van der Waals surface area contributed by atoms with Crippen molar-refractivity contribution in [1.29, 1.82) is 5.41 Å². The van der Waals surface area contributed by atoms with Crippen LogP contribution in [0.1, 0.15) is 0 Å². The molecule has 7 nitrogen and oxygen atoms in total. The van der Waals surface area contributed by atoms with Gasteiger partial charge in [-0.05, 0) is 0 Å². The van der Waals surface area contributed by atoms with Crippen LogP contribution < -0.4 is 11.1 Å². The van der Waals surface area contributed by atoms with Gasteiger partial charge >= 0.3 is 6.03 Å². The predicted molar refractivity (Wildman–Crippen MR) is 46.6 cm³/mol. The lowest BCUT2D eigenvalue weighted by Crippen LogP contribution is -2.57. The first-order valence-electron chi connectivity index (χ1n) is 3.93. The average Bonchev–Trinajstić information content (AvgIpc) is 2.09. The highest BCUT2D eigenvalue weighted by Gasteiger charge is 2.33. The molecule has 4 N–H and O–H groups in total. The summed E-state index contributed by atoms with van der Waals surface area (Å²) in [5, 5.41) is 9.11. The van der Waals surface area contributed by atoms with Gasteiger partial charge in [-0.1, -0.05) is 0 Å². The van der Waals surface area contributed by atoms with Gasteiger partial charge in [-0.15, -0.1) is 0 Å². The van der Waals surface area contributed by atoms with E-state index in [4.69, 9.17) is 11.1 Å². The highest BCUT2D eigenvalue weighted by Crippen LogP contribution is 2.06. The summed E-state index contributed by atoms with van der Waals surface area (Å²) >= 11 is 0. The molecular weight excluding hydrogens is 188 g/mol. The second kappa shape index (κ2) is 3.86. The molecule has 1 fully saturated rings. The number of nitrogens with two attached hydrogens (primary N) is 1. The van der Waals surface area contributed by atoms with Crippen molar-refractivity contribution < 1.29 is 14.4 Å². The molecule has 14 heavy (non-hydrogen) atoms. The summed E-state index contributed by atoms with van der Waals surface area (Å²) in [5.74, 6) is -1.76. The number of hydrogen-bond donors (Lipinski definition) is 3. The van der Waals surface area contributed by atoms with Gasteiger partial charge in [0.2, 0.25) is 5.91 Å². The Morgan fingerprint density at radius 3 is 2.86 bits per heavy atom. The lowest BCUT2D eigenvalue weighted by Gasteiger charge is -2.29. The molecule has 1 saturated heterocycles. The third-order valence-corrected chi connectivity index (χ3v) is 1.91. The van der Waals surface area contributed by atoms with Crippen LogP contribution >= 0.6 is 0 Å². The molecular formula is C7H10N4O3. The number of amides is 3. The largest absolute Gasteiger partial charge is 0.387 e. The third kappa shape index (κ3) is 1.87. The molecule has 1 aliphatic heterocycles. The molecule has 76 valence electrons. The Kier molecular flexibility index (Phi) is 2.80. The van der Waals surface area contributed by atoms with E-state index in [2.05, 4.69) is 0 Å². The first-order valence-corrected chi connectivity index (χ1v) is 3.93. The second-order valence-corrected chi connectivity index (χ2v) is 2.87. The van der Waals surface area contributed by atoms with Gasteiger partial charge in [-0.2, -0.15) is 0 Å². The summed E-state index contributed by atoms with van der Waals surface area (Å²) in [6.07, 6.45) is 0.548. The van der Waals surface area contributed by atoms with Crippen LogP contribution in [0.2, 0.25) is 0 Å². The van der Waals surface area contributed by atoms with Crippen molar-refractivity contribution in [2.24, 2.45) is 11.7 Å². The van der Waals surface area contributed by atoms with Gasteiger partial charge in [-0.3, -0.25) is 15.5 Å². The summed E-state index contributed by atoms with van der Waals surface area (Å²) in [7, 11) is 0. The number of nitrogens with one attached hydrogen (secondary N) is 2. The van der Waals surface area contributed by atoms with Crippen molar-refractivity contribution in [3.05, 3.63) is 0 Å². The van der Waals surface area contributed by atoms with Crippen molar-refractivity contribution in [3.8, 4) is 0 Å². The number of aldehydes is 1. The Morgan fingerprint density at radius 1 is 1.71 bits per heavy atom. The summed E-state index contributed by atoms with van der Waals surface area (Å²) in [6.45, 7) is -0.123. The summed E-state index contributed by atoms with van der Waals surface area (Å²) in [6, 6.07) is -0.625. The van der Waals surface area contributed by atoms with Crippen molar-refractivity contribution in [2.75, 3.05) is 13.1 Å². The smallest absolute Gasteiger partial charge is 0.324 e. The van der Waals surface area contributed by atoms with Crippen LogP contribution in [0.25, 0.3) is 0 Å². The molecule has 0 radical (unpaired) electrons. The lowest BCUT2D eigenvalue weighted by molar-refractivity contribution is -0.124. The van der Waals surface area contributed by atoms with Gasteiger partial charge in [0.15, 0.2) is 0 Å². The Bertz CT molecular complexity index is 301. The normalized spacial score (nSPS) is 21.7. The number of imide groups is 1. The molecule has 0 aromatic carbocycles. The van der Waals surface area contributed by atoms with Gasteiger partial charge in [0, 0.05) is 6.54 Å². The molecule has 1 atom stereocenters. The molecule has 1 heterocycles. The van der Waals surface area contributed by atoms with Gasteiger partial charge < -0.3 is 15.4 Å². The Morgan fingerprint density at radius 2 is 2.36 bits per heavy atom. The number of carbonyl (C=O) groups is 3. The standard InChI is InChI=1S/C7H10N4O3/c8-5(9)4-3-11(1-2-12)7(14)10-6(4)13/h2,4H,1,3H2,(H3,8,9)(H,10,13,14). The van der Waals surface area contributed by atoms with E-state index >= 15 is 0 Å². The number of nitrogens with zero attached hydrogens (tertiary/aromatic N) is 1. The van der Waals surface area contributed by atoms with Crippen LogP contribution in [0.4, 0.5) is 4.79 Å². The Labute approximate surface area is 79.7 Å². The molecule has 1 aliphatic rings. The van der Waals surface area contributed by atoms with Crippen LogP contribution in [-0.2, 0) is 9.59 Å². The molecule has 0 saturated carbocycles. The van der Waals surface area contributed by atoms with E-state index in [1.54, 1.807) is 0 Å². The summed E-state index contributed by atoms with van der Waals surface area (Å²) < 4.78 is 0. The monoisotopic (exact) mass is 198 g/mol. The summed E-state index contributed by atoms with van der Waals surface area (Å²) in [5.41, 5.74) is 5.16. The van der Waals surface area contributed by atoms with E-state index < -0.39 is 17.9 Å². The van der Waals surface area contributed by atoms with Crippen molar-refractivity contribution in [1.82, 2.24) is 10.2 Å². The Hall–Kier alpha value is -1.92. The first-order chi connectivity index (χ1) is 6.56. The first kappa shape index (κ1) is 10.2. The number of amidine groups is 1. The molecule has 0 aliphatic carbocycles. The molecule has 0 spiro atoms. The minimum atomic E-state index is -0.854. The number of urea groups is 1. The van der Waals surface area contributed by atoms with Crippen molar-refractivity contribution >= 4 is 24.1 Å². The highest BCUT2D eigenvalue weighted by atomic mass is 16.2. The molecule has 1 rings (SSSR count). The zero-order valence-electron chi connectivity index (χ0n) is 7.32. The van der Waals surface area contributed by atoms with Crippen LogP contribution in [0.3, 0.4) is 0 Å². The zero-order chi connectivity index (χ0) is 10.7. The number of carbonyl (C=O) groups excluding carboxylic acids is 3. The van der Waals surface area contributed by atoms with Crippen LogP contribution in [-0.4, -0.2) is 42.0 Å². The topological polar surface area (TPSA) is 116 Å². The maximum Gasteiger partial charge on any atom is 0.324 e. The van der Waals surface area contributed by atoms with E-state index in [1.807, 2.05) is 5.32 Å². The maximum atomic E-state index is 11.1.